The van der Waals surface area contributed by atoms with E-state index in [1.165, 1.54) is 6.42 Å². The second-order valence-corrected chi connectivity index (χ2v) is 5.92. The lowest BCUT2D eigenvalue weighted by atomic mass is 9.94. The summed E-state index contributed by atoms with van der Waals surface area (Å²) in [5.74, 6) is 1.39. The van der Waals surface area contributed by atoms with Crippen molar-refractivity contribution in [3.8, 4) is 0 Å². The summed E-state index contributed by atoms with van der Waals surface area (Å²) < 4.78 is 0. The molecule has 0 aromatic heterocycles. The van der Waals surface area contributed by atoms with E-state index in [4.69, 9.17) is 5.73 Å². The van der Waals surface area contributed by atoms with E-state index in [9.17, 15) is 0 Å². The van der Waals surface area contributed by atoms with Crippen LogP contribution in [0.1, 0.15) is 41.0 Å². The Labute approximate surface area is 89.6 Å². The summed E-state index contributed by atoms with van der Waals surface area (Å²) in [6.45, 7) is 14.2. The molecule has 0 aliphatic heterocycles. The first-order valence-corrected chi connectivity index (χ1v) is 5.76. The summed E-state index contributed by atoms with van der Waals surface area (Å²) in [7, 11) is 0. The lowest BCUT2D eigenvalue weighted by Gasteiger charge is -2.22. The van der Waals surface area contributed by atoms with Crippen molar-refractivity contribution in [1.82, 2.24) is 5.32 Å². The van der Waals surface area contributed by atoms with Crippen LogP contribution in [0.3, 0.4) is 0 Å². The van der Waals surface area contributed by atoms with Crippen LogP contribution in [-0.2, 0) is 0 Å². The third-order valence-electron chi connectivity index (χ3n) is 2.23. The van der Waals surface area contributed by atoms with Crippen molar-refractivity contribution in [3.05, 3.63) is 0 Å². The highest BCUT2D eigenvalue weighted by molar-refractivity contribution is 4.69. The third kappa shape index (κ3) is 8.52. The monoisotopic (exact) mass is 200 g/mol. The molecule has 0 aromatic carbocycles. The fourth-order valence-electron chi connectivity index (χ4n) is 1.58. The molecule has 0 aliphatic carbocycles. The highest BCUT2D eigenvalue weighted by Crippen LogP contribution is 2.12. The molecule has 0 rings (SSSR count). The molecule has 2 nitrogen and oxygen atoms in total. The fraction of sp³-hybridized carbons (Fsp3) is 1.00. The Kier molecular flexibility index (Phi) is 6.38. The summed E-state index contributed by atoms with van der Waals surface area (Å²) in [4.78, 5) is 0. The van der Waals surface area contributed by atoms with E-state index >= 15 is 0 Å². The number of rotatable bonds is 6. The molecule has 0 spiro atoms. The van der Waals surface area contributed by atoms with E-state index in [0.29, 0.717) is 11.3 Å². The summed E-state index contributed by atoms with van der Waals surface area (Å²) in [6.07, 6.45) is 1.23. The molecular formula is C12H28N2. The van der Waals surface area contributed by atoms with Crippen molar-refractivity contribution in [3.63, 3.8) is 0 Å². The van der Waals surface area contributed by atoms with Gasteiger partial charge >= 0.3 is 0 Å². The highest BCUT2D eigenvalue weighted by atomic mass is 14.9. The molecule has 0 aromatic rings. The van der Waals surface area contributed by atoms with E-state index < -0.39 is 0 Å². The average Bonchev–Trinajstić information content (AvgIpc) is 1.99. The Balaban J connectivity index is 3.63. The molecule has 0 fully saturated rings. The fourth-order valence-corrected chi connectivity index (χ4v) is 1.58. The van der Waals surface area contributed by atoms with E-state index in [1.807, 2.05) is 0 Å². The van der Waals surface area contributed by atoms with E-state index in [-0.39, 0.29) is 0 Å². The minimum atomic E-state index is 0.372. The van der Waals surface area contributed by atoms with Gasteiger partial charge in [0.2, 0.25) is 0 Å². The number of hydrogen-bond donors (Lipinski definition) is 2. The largest absolute Gasteiger partial charge is 0.330 e. The van der Waals surface area contributed by atoms with Gasteiger partial charge in [0.1, 0.15) is 0 Å². The molecule has 1 atom stereocenters. The molecule has 0 bridgehead atoms. The Hall–Kier alpha value is -0.0800. The van der Waals surface area contributed by atoms with Gasteiger partial charge in [-0.1, -0.05) is 34.6 Å². The zero-order chi connectivity index (χ0) is 11.2. The molecular weight excluding hydrogens is 172 g/mol. The second kappa shape index (κ2) is 6.41. The van der Waals surface area contributed by atoms with Crippen molar-refractivity contribution in [2.24, 2.45) is 23.0 Å². The van der Waals surface area contributed by atoms with Gasteiger partial charge in [0, 0.05) is 0 Å². The molecule has 2 heteroatoms. The van der Waals surface area contributed by atoms with Gasteiger partial charge in [-0.25, -0.2) is 0 Å². The molecule has 1 unspecified atom stereocenters. The lowest BCUT2D eigenvalue weighted by Crippen LogP contribution is -2.34. The first-order valence-electron chi connectivity index (χ1n) is 5.76. The molecule has 0 aliphatic rings. The minimum Gasteiger partial charge on any atom is -0.330 e. The van der Waals surface area contributed by atoms with Crippen LogP contribution >= 0.6 is 0 Å². The van der Waals surface area contributed by atoms with Crippen LogP contribution in [-0.4, -0.2) is 19.6 Å². The topological polar surface area (TPSA) is 38.0 Å². The zero-order valence-corrected chi connectivity index (χ0v) is 10.6. The van der Waals surface area contributed by atoms with Crippen molar-refractivity contribution in [2.75, 3.05) is 19.6 Å². The maximum atomic E-state index is 5.73. The molecule has 0 saturated carbocycles. The molecule has 86 valence electrons. The van der Waals surface area contributed by atoms with Crippen molar-refractivity contribution in [2.45, 2.75) is 41.0 Å². The van der Waals surface area contributed by atoms with E-state index in [2.05, 4.69) is 39.9 Å². The minimum absolute atomic E-state index is 0.372. The Morgan fingerprint density at radius 1 is 1.21 bits per heavy atom. The van der Waals surface area contributed by atoms with Crippen LogP contribution in [0.15, 0.2) is 0 Å². The van der Waals surface area contributed by atoms with Crippen molar-refractivity contribution < 1.29 is 0 Å². The smallest absolute Gasteiger partial charge is 0.0000000101 e. The second-order valence-electron chi connectivity index (χ2n) is 5.92. The lowest BCUT2D eigenvalue weighted by molar-refractivity contribution is 0.338. The van der Waals surface area contributed by atoms with Gasteiger partial charge in [-0.15, -0.1) is 0 Å². The van der Waals surface area contributed by atoms with Gasteiger partial charge in [0.05, 0.1) is 0 Å². The first kappa shape index (κ1) is 13.9. The highest BCUT2D eigenvalue weighted by Gasteiger charge is 2.12. The van der Waals surface area contributed by atoms with Gasteiger partial charge in [-0.3, -0.25) is 0 Å². The maximum absolute atomic E-state index is 5.73. The van der Waals surface area contributed by atoms with Crippen LogP contribution in [0.4, 0.5) is 0 Å². The standard InChI is InChI=1S/C12H28N2/c1-10(2)6-11(7-13)8-14-9-12(3,4)5/h10-11,14H,6-9,13H2,1-5H3. The predicted molar refractivity (Wildman–Crippen MR) is 64.3 cm³/mol. The van der Waals surface area contributed by atoms with Gasteiger partial charge in [0.15, 0.2) is 0 Å². The van der Waals surface area contributed by atoms with Crippen LogP contribution in [0.2, 0.25) is 0 Å². The van der Waals surface area contributed by atoms with Crippen molar-refractivity contribution in [1.29, 1.82) is 0 Å². The van der Waals surface area contributed by atoms with Gasteiger partial charge < -0.3 is 11.1 Å². The third-order valence-corrected chi connectivity index (χ3v) is 2.23. The van der Waals surface area contributed by atoms with Gasteiger partial charge in [0.25, 0.3) is 0 Å². The quantitative estimate of drug-likeness (QED) is 0.690. The molecule has 0 saturated heterocycles. The van der Waals surface area contributed by atoms with Crippen LogP contribution < -0.4 is 11.1 Å². The number of nitrogens with one attached hydrogen (secondary N) is 1. The molecule has 0 radical (unpaired) electrons. The zero-order valence-electron chi connectivity index (χ0n) is 10.6. The number of nitrogens with two attached hydrogens (primary N) is 1. The Bertz CT molecular complexity index is 136. The average molecular weight is 200 g/mol. The van der Waals surface area contributed by atoms with Crippen LogP contribution in [0, 0.1) is 17.3 Å². The summed E-state index contributed by atoms with van der Waals surface area (Å²) in [5.41, 5.74) is 6.10. The molecule has 0 amide bonds. The first-order chi connectivity index (χ1) is 6.35. The summed E-state index contributed by atoms with van der Waals surface area (Å²) >= 11 is 0. The Morgan fingerprint density at radius 3 is 2.14 bits per heavy atom. The number of hydrogen-bond acceptors (Lipinski definition) is 2. The molecule has 3 N–H and O–H groups in total. The Morgan fingerprint density at radius 2 is 1.79 bits per heavy atom. The predicted octanol–water partition coefficient (Wildman–Crippen LogP) is 2.24. The van der Waals surface area contributed by atoms with E-state index in [0.717, 1.165) is 25.6 Å². The summed E-state index contributed by atoms with van der Waals surface area (Å²) in [6, 6.07) is 0. The summed E-state index contributed by atoms with van der Waals surface area (Å²) in [5, 5.41) is 3.50. The van der Waals surface area contributed by atoms with E-state index in [1.54, 1.807) is 0 Å². The van der Waals surface area contributed by atoms with Crippen LogP contribution in [0.5, 0.6) is 0 Å². The molecule has 0 heterocycles. The van der Waals surface area contributed by atoms with Crippen molar-refractivity contribution >= 4 is 0 Å². The van der Waals surface area contributed by atoms with Gasteiger partial charge in [-0.05, 0) is 43.3 Å². The normalized spacial score (nSPS) is 14.8. The molecule has 14 heavy (non-hydrogen) atoms. The van der Waals surface area contributed by atoms with Crippen LogP contribution in [0.25, 0.3) is 0 Å². The maximum Gasteiger partial charge on any atom is -0.0000000101 e. The van der Waals surface area contributed by atoms with Gasteiger partial charge in [-0.2, -0.15) is 0 Å². The SMILES string of the molecule is CC(C)CC(CN)CNCC(C)(C)C.